The first-order chi connectivity index (χ1) is 11.1. The van der Waals surface area contributed by atoms with Gasteiger partial charge in [0.1, 0.15) is 11.9 Å². The van der Waals surface area contributed by atoms with E-state index in [4.69, 9.17) is 0 Å². The molecule has 1 atom stereocenters. The van der Waals surface area contributed by atoms with Crippen molar-refractivity contribution in [3.8, 4) is 0 Å². The lowest BCUT2D eigenvalue weighted by Crippen LogP contribution is -2.52. The number of rotatable bonds is 3. The van der Waals surface area contributed by atoms with Gasteiger partial charge < -0.3 is 10.2 Å². The van der Waals surface area contributed by atoms with Crippen molar-refractivity contribution in [3.63, 3.8) is 0 Å². The number of anilines is 1. The molecule has 0 aliphatic carbocycles. The van der Waals surface area contributed by atoms with Gasteiger partial charge in [-0.05, 0) is 43.2 Å². The molecule has 0 bridgehead atoms. The summed E-state index contributed by atoms with van der Waals surface area (Å²) >= 11 is 0. The number of para-hydroxylation sites is 1. The number of carbonyl (C=O) groups is 2. The second kappa shape index (κ2) is 6.60. The molecule has 1 saturated heterocycles. The molecule has 0 unspecified atom stereocenters. The maximum absolute atomic E-state index is 13.2. The van der Waals surface area contributed by atoms with Gasteiger partial charge in [-0.2, -0.15) is 0 Å². The van der Waals surface area contributed by atoms with Gasteiger partial charge in [0.2, 0.25) is 5.91 Å². The van der Waals surface area contributed by atoms with Crippen LogP contribution in [0.4, 0.5) is 10.1 Å². The standard InChI is InChI=1S/C18H17FN2O2/c19-14-7-4-6-13(12-14)17(22)20-16-10-5-11-21(18(16)23)15-8-2-1-3-9-15/h1-4,6-9,12,16H,5,10-11H2,(H,20,22)/t16-/m0/s1. The number of nitrogens with one attached hydrogen (secondary N) is 1. The van der Waals surface area contributed by atoms with Crippen molar-refractivity contribution in [2.24, 2.45) is 0 Å². The van der Waals surface area contributed by atoms with E-state index in [1.54, 1.807) is 4.90 Å². The molecule has 23 heavy (non-hydrogen) atoms. The predicted octanol–water partition coefficient (Wildman–Crippen LogP) is 2.75. The van der Waals surface area contributed by atoms with Crippen LogP contribution in [0.1, 0.15) is 23.2 Å². The molecule has 0 saturated carbocycles. The normalized spacial score (nSPS) is 17.9. The smallest absolute Gasteiger partial charge is 0.252 e. The molecule has 2 aromatic rings. The van der Waals surface area contributed by atoms with Crippen LogP contribution in [-0.2, 0) is 4.79 Å². The molecule has 0 aromatic heterocycles. The lowest BCUT2D eigenvalue weighted by atomic mass is 10.0. The number of hydrogen-bond acceptors (Lipinski definition) is 2. The number of hydrogen-bond donors (Lipinski definition) is 1. The minimum Gasteiger partial charge on any atom is -0.340 e. The van der Waals surface area contributed by atoms with Crippen molar-refractivity contribution in [1.29, 1.82) is 0 Å². The number of carbonyl (C=O) groups excluding carboxylic acids is 2. The number of amides is 2. The summed E-state index contributed by atoms with van der Waals surface area (Å²) in [4.78, 5) is 26.5. The van der Waals surface area contributed by atoms with Crippen LogP contribution in [0.25, 0.3) is 0 Å². The summed E-state index contributed by atoms with van der Waals surface area (Å²) in [6, 6.07) is 14.2. The predicted molar refractivity (Wildman–Crippen MR) is 85.7 cm³/mol. The third kappa shape index (κ3) is 3.39. The third-order valence-corrected chi connectivity index (χ3v) is 3.90. The highest BCUT2D eigenvalue weighted by atomic mass is 19.1. The highest BCUT2D eigenvalue weighted by Crippen LogP contribution is 2.21. The fourth-order valence-electron chi connectivity index (χ4n) is 2.74. The minimum atomic E-state index is -0.584. The zero-order valence-corrected chi connectivity index (χ0v) is 12.5. The Hall–Kier alpha value is -2.69. The van der Waals surface area contributed by atoms with Gasteiger partial charge in [0.25, 0.3) is 5.91 Å². The number of piperidine rings is 1. The van der Waals surface area contributed by atoms with Gasteiger partial charge in [-0.1, -0.05) is 24.3 Å². The third-order valence-electron chi connectivity index (χ3n) is 3.90. The first-order valence-electron chi connectivity index (χ1n) is 7.58. The minimum absolute atomic E-state index is 0.132. The molecule has 1 fully saturated rings. The van der Waals surface area contributed by atoms with Gasteiger partial charge in [-0.15, -0.1) is 0 Å². The number of halogens is 1. The lowest BCUT2D eigenvalue weighted by Gasteiger charge is -2.32. The fourth-order valence-corrected chi connectivity index (χ4v) is 2.74. The molecule has 1 N–H and O–H groups in total. The number of nitrogens with zero attached hydrogens (tertiary/aromatic N) is 1. The topological polar surface area (TPSA) is 49.4 Å². The van der Waals surface area contributed by atoms with Gasteiger partial charge in [0.05, 0.1) is 0 Å². The van der Waals surface area contributed by atoms with E-state index in [0.717, 1.165) is 18.2 Å². The van der Waals surface area contributed by atoms with Crippen LogP contribution < -0.4 is 10.2 Å². The van der Waals surface area contributed by atoms with Crippen molar-refractivity contribution >= 4 is 17.5 Å². The number of benzene rings is 2. The quantitative estimate of drug-likeness (QED) is 0.947. The van der Waals surface area contributed by atoms with E-state index < -0.39 is 17.8 Å². The highest BCUT2D eigenvalue weighted by Gasteiger charge is 2.30. The maximum atomic E-state index is 13.2. The summed E-state index contributed by atoms with van der Waals surface area (Å²) < 4.78 is 13.2. The Labute approximate surface area is 133 Å². The van der Waals surface area contributed by atoms with E-state index in [1.807, 2.05) is 30.3 Å². The second-order valence-corrected chi connectivity index (χ2v) is 5.50. The Balaban J connectivity index is 1.73. The lowest BCUT2D eigenvalue weighted by molar-refractivity contribution is -0.121. The average molecular weight is 312 g/mol. The summed E-state index contributed by atoms with van der Waals surface area (Å²) in [5.41, 5.74) is 1.04. The largest absolute Gasteiger partial charge is 0.340 e. The maximum Gasteiger partial charge on any atom is 0.252 e. The molecular formula is C18H17FN2O2. The monoisotopic (exact) mass is 312 g/mol. The van der Waals surface area contributed by atoms with Gasteiger partial charge in [-0.3, -0.25) is 9.59 Å². The summed E-state index contributed by atoms with van der Waals surface area (Å²) in [5.74, 6) is -1.04. The van der Waals surface area contributed by atoms with E-state index in [9.17, 15) is 14.0 Å². The van der Waals surface area contributed by atoms with E-state index in [2.05, 4.69) is 5.32 Å². The molecule has 1 aliphatic rings. The van der Waals surface area contributed by atoms with Crippen LogP contribution in [0, 0.1) is 5.82 Å². The van der Waals surface area contributed by atoms with Gasteiger partial charge in [0, 0.05) is 17.8 Å². The average Bonchev–Trinajstić information content (AvgIpc) is 2.57. The Morgan fingerprint density at radius 1 is 1.13 bits per heavy atom. The Kier molecular flexibility index (Phi) is 4.37. The molecule has 2 amide bonds. The van der Waals surface area contributed by atoms with Crippen LogP contribution in [0.2, 0.25) is 0 Å². The molecular weight excluding hydrogens is 295 g/mol. The van der Waals surface area contributed by atoms with Crippen LogP contribution in [-0.4, -0.2) is 24.4 Å². The molecule has 0 radical (unpaired) electrons. The molecule has 1 aliphatic heterocycles. The van der Waals surface area contributed by atoms with Crippen molar-refractivity contribution < 1.29 is 14.0 Å². The Morgan fingerprint density at radius 2 is 1.91 bits per heavy atom. The van der Waals surface area contributed by atoms with Crippen LogP contribution in [0.3, 0.4) is 0 Å². The fraction of sp³-hybridized carbons (Fsp3) is 0.222. The van der Waals surface area contributed by atoms with E-state index in [0.29, 0.717) is 13.0 Å². The molecule has 1 heterocycles. The van der Waals surface area contributed by atoms with Crippen molar-refractivity contribution in [2.45, 2.75) is 18.9 Å². The first-order valence-corrected chi connectivity index (χ1v) is 7.58. The zero-order valence-electron chi connectivity index (χ0n) is 12.5. The molecule has 2 aromatic carbocycles. The van der Waals surface area contributed by atoms with Crippen molar-refractivity contribution in [3.05, 3.63) is 66.0 Å². The summed E-state index contributed by atoms with van der Waals surface area (Å²) in [6.45, 7) is 0.634. The molecule has 5 heteroatoms. The summed E-state index contributed by atoms with van der Waals surface area (Å²) in [6.07, 6.45) is 1.39. The highest BCUT2D eigenvalue weighted by molar-refractivity contribution is 6.02. The van der Waals surface area contributed by atoms with E-state index >= 15 is 0 Å². The van der Waals surface area contributed by atoms with Gasteiger partial charge in [0.15, 0.2) is 0 Å². The summed E-state index contributed by atoms with van der Waals surface area (Å²) in [5, 5.41) is 2.72. The SMILES string of the molecule is O=C(N[C@H]1CCCN(c2ccccc2)C1=O)c1cccc(F)c1. The molecule has 3 rings (SSSR count). The van der Waals surface area contributed by atoms with Crippen LogP contribution >= 0.6 is 0 Å². The Bertz CT molecular complexity index is 718. The van der Waals surface area contributed by atoms with Crippen molar-refractivity contribution in [1.82, 2.24) is 5.32 Å². The molecule has 4 nitrogen and oxygen atoms in total. The van der Waals surface area contributed by atoms with Gasteiger partial charge >= 0.3 is 0 Å². The van der Waals surface area contributed by atoms with E-state index in [1.165, 1.54) is 18.2 Å². The Morgan fingerprint density at radius 3 is 2.65 bits per heavy atom. The summed E-state index contributed by atoms with van der Waals surface area (Å²) in [7, 11) is 0. The van der Waals surface area contributed by atoms with E-state index in [-0.39, 0.29) is 11.5 Å². The van der Waals surface area contributed by atoms with Gasteiger partial charge in [-0.25, -0.2) is 4.39 Å². The zero-order chi connectivity index (χ0) is 16.2. The van der Waals surface area contributed by atoms with Crippen molar-refractivity contribution in [2.75, 3.05) is 11.4 Å². The van der Waals surface area contributed by atoms with Crippen LogP contribution in [0.5, 0.6) is 0 Å². The first kappa shape index (κ1) is 15.2. The van der Waals surface area contributed by atoms with Crippen LogP contribution in [0.15, 0.2) is 54.6 Å². The molecule has 118 valence electrons. The second-order valence-electron chi connectivity index (χ2n) is 5.50. The molecule has 0 spiro atoms.